The van der Waals surface area contributed by atoms with E-state index in [0.717, 1.165) is 0 Å². The van der Waals surface area contributed by atoms with Crippen molar-refractivity contribution in [2.45, 2.75) is 138 Å². The van der Waals surface area contributed by atoms with Gasteiger partial charge in [0.1, 0.15) is 48.3 Å². The molecule has 9 atom stereocenters. The van der Waals surface area contributed by atoms with Crippen LogP contribution in [0.3, 0.4) is 0 Å². The number of hydrogen-bond acceptors (Lipinski definition) is 19. The van der Waals surface area contributed by atoms with Crippen LogP contribution in [0.2, 0.25) is 0 Å². The fourth-order valence-electron chi connectivity index (χ4n) is 6.20. The number of carboxylic acids is 7. The number of nitrogens with one attached hydrogen (secondary N) is 8. The van der Waals surface area contributed by atoms with Crippen LogP contribution in [0.25, 0.3) is 0 Å². The summed E-state index contributed by atoms with van der Waals surface area (Å²) in [5, 5.41) is 90.6. The Morgan fingerprint density at radius 3 is 0.960 bits per heavy atom. The van der Waals surface area contributed by atoms with Crippen molar-refractivity contribution in [2.24, 2.45) is 17.2 Å². The van der Waals surface area contributed by atoms with E-state index in [2.05, 4.69) is 5.32 Å². The van der Waals surface area contributed by atoms with E-state index in [1.54, 1.807) is 0 Å². The van der Waals surface area contributed by atoms with Crippen LogP contribution in [0, 0.1) is 0 Å². The van der Waals surface area contributed by atoms with E-state index in [-0.39, 0.29) is 25.8 Å². The summed E-state index contributed by atoms with van der Waals surface area (Å²) in [4.78, 5) is 199. The van der Waals surface area contributed by atoms with E-state index in [1.807, 2.05) is 37.2 Å². The van der Waals surface area contributed by atoms with Gasteiger partial charge in [-0.1, -0.05) is 0 Å². The molecule has 0 saturated heterocycles. The number of carbonyl (C=O) groups excluding carboxylic acids is 9. The molecule has 0 heterocycles. The van der Waals surface area contributed by atoms with Crippen molar-refractivity contribution in [1.29, 1.82) is 0 Å². The molecule has 0 unspecified atom stereocenters. The molecule has 0 rings (SSSR count). The summed E-state index contributed by atoms with van der Waals surface area (Å²) in [6, 6.07) is -17.8. The standard InChI is InChI=1S/C40H61N11O24/c41-10-2-1-3-17(33(67)49-22(13-30(62)63)37(71)45-18(4-7-26(54)55)34(68)47-20(40(74)75)6-9-28(58)59)44-36(70)21(12-25(43)53)48-38(72)23(14-31(64)65)50-35(69)19(5-8-27(56)57)46-39(73)24(15-52)51-32(66)16(42)11-29(60)61/h16-24,52H,1-15,41-42H2,(H2,43,53)(H,44,70)(H,45,71)(H,46,73)(H,47,68)(H,48,72)(H,49,67)(H,50,69)(H,51,66)(H,54,55)(H,56,57)(H,58,59)(H,60,61)(H,62,63)(H,64,65)(H,74,75)/t16-,17+,18+,19+,20+,21+,22+,23+,24+/m0/s1. The third-order valence-corrected chi connectivity index (χ3v) is 10.0. The maximum Gasteiger partial charge on any atom is 0.326 e. The number of primary amides is 1. The Morgan fingerprint density at radius 1 is 0.347 bits per heavy atom. The lowest BCUT2D eigenvalue weighted by atomic mass is 10.0. The number of rotatable bonds is 39. The van der Waals surface area contributed by atoms with E-state index in [9.17, 15) is 107 Å². The zero-order valence-corrected chi connectivity index (χ0v) is 39.6. The summed E-state index contributed by atoms with van der Waals surface area (Å²) >= 11 is 0. The van der Waals surface area contributed by atoms with Gasteiger partial charge in [-0.15, -0.1) is 0 Å². The summed E-state index contributed by atoms with van der Waals surface area (Å²) in [7, 11) is 0. The number of carboxylic acid groups (broad SMARTS) is 7. The number of unbranched alkanes of at least 4 members (excludes halogenated alkanes) is 1. The predicted molar refractivity (Wildman–Crippen MR) is 242 cm³/mol. The zero-order valence-electron chi connectivity index (χ0n) is 39.6. The number of amides is 9. The summed E-state index contributed by atoms with van der Waals surface area (Å²) in [5.74, 6) is -23.9. The number of hydrogen-bond donors (Lipinski definition) is 19. The van der Waals surface area contributed by atoms with Crippen molar-refractivity contribution >= 4 is 94.9 Å². The maximum absolute atomic E-state index is 13.8. The molecule has 0 aromatic carbocycles. The van der Waals surface area contributed by atoms with Gasteiger partial charge in [0, 0.05) is 19.3 Å². The normalized spacial score (nSPS) is 14.3. The number of aliphatic carboxylic acids is 7. The molecule has 0 radical (unpaired) electrons. The number of carbonyl (C=O) groups is 16. The van der Waals surface area contributed by atoms with Crippen molar-refractivity contribution in [2.75, 3.05) is 13.2 Å². The fraction of sp³-hybridized carbons (Fsp3) is 0.600. The van der Waals surface area contributed by atoms with Gasteiger partial charge in [0.2, 0.25) is 53.2 Å². The van der Waals surface area contributed by atoms with Crippen molar-refractivity contribution in [3.63, 3.8) is 0 Å². The van der Waals surface area contributed by atoms with E-state index < -0.39 is 220 Å². The molecule has 75 heavy (non-hydrogen) atoms. The molecule has 22 N–H and O–H groups in total. The van der Waals surface area contributed by atoms with Crippen molar-refractivity contribution in [1.82, 2.24) is 42.5 Å². The van der Waals surface area contributed by atoms with Crippen LogP contribution >= 0.6 is 0 Å². The van der Waals surface area contributed by atoms with Crippen LogP contribution < -0.4 is 59.7 Å². The summed E-state index contributed by atoms with van der Waals surface area (Å²) in [6.07, 6.45) is -9.55. The molecule has 420 valence electrons. The third kappa shape index (κ3) is 27.7. The van der Waals surface area contributed by atoms with E-state index in [4.69, 9.17) is 27.4 Å². The fourth-order valence-corrected chi connectivity index (χ4v) is 6.20. The highest BCUT2D eigenvalue weighted by Crippen LogP contribution is 2.09. The number of nitrogens with two attached hydrogens (primary N) is 3. The minimum absolute atomic E-state index is 0.00244. The molecule has 0 aliphatic heterocycles. The van der Waals surface area contributed by atoms with Gasteiger partial charge in [0.25, 0.3) is 0 Å². The lowest BCUT2D eigenvalue weighted by molar-refractivity contribution is -0.145. The Hall–Kier alpha value is -8.60. The highest BCUT2D eigenvalue weighted by atomic mass is 16.4. The van der Waals surface area contributed by atoms with Crippen LogP contribution in [0.15, 0.2) is 0 Å². The molecule has 0 fully saturated rings. The van der Waals surface area contributed by atoms with Gasteiger partial charge in [-0.25, -0.2) is 4.79 Å². The average molecular weight is 1080 g/mol. The first-order valence-electron chi connectivity index (χ1n) is 22.2. The van der Waals surface area contributed by atoms with Gasteiger partial charge >= 0.3 is 41.8 Å². The lowest BCUT2D eigenvalue weighted by Gasteiger charge is -2.27. The van der Waals surface area contributed by atoms with Crippen LogP contribution in [-0.2, 0) is 76.7 Å². The average Bonchev–Trinajstić information content (AvgIpc) is 3.29. The number of aliphatic hydroxyl groups excluding tert-OH is 1. The Labute approximate surface area is 422 Å². The molecule has 0 spiro atoms. The Balaban J connectivity index is 6.78. The van der Waals surface area contributed by atoms with Crippen molar-refractivity contribution < 1.29 is 118 Å². The monoisotopic (exact) mass is 1080 g/mol. The van der Waals surface area contributed by atoms with Gasteiger partial charge in [-0.2, -0.15) is 0 Å². The zero-order chi connectivity index (χ0) is 57.7. The minimum atomic E-state index is -2.25. The van der Waals surface area contributed by atoms with Gasteiger partial charge in [-0.3, -0.25) is 71.9 Å². The highest BCUT2D eigenvalue weighted by molar-refractivity contribution is 6.00. The van der Waals surface area contributed by atoms with Crippen molar-refractivity contribution in [3.8, 4) is 0 Å². The summed E-state index contributed by atoms with van der Waals surface area (Å²) < 4.78 is 0. The molecule has 9 amide bonds. The second-order valence-corrected chi connectivity index (χ2v) is 16.2. The first kappa shape index (κ1) is 66.4. The molecule has 0 bridgehead atoms. The Morgan fingerprint density at radius 2 is 0.640 bits per heavy atom. The molecular weight excluding hydrogens is 1020 g/mol. The number of aliphatic hydroxyl groups is 1. The second kappa shape index (κ2) is 33.9. The molecule has 0 aromatic heterocycles. The van der Waals surface area contributed by atoms with Gasteiger partial charge in [0.05, 0.1) is 38.3 Å². The summed E-state index contributed by atoms with van der Waals surface area (Å²) in [6.45, 7) is -1.19. The predicted octanol–water partition coefficient (Wildman–Crippen LogP) is -8.71. The summed E-state index contributed by atoms with van der Waals surface area (Å²) in [5.41, 5.74) is 16.3. The van der Waals surface area contributed by atoms with Crippen LogP contribution in [-0.4, -0.2) is 203 Å². The molecule has 0 aliphatic rings. The molecule has 35 nitrogen and oxygen atoms in total. The van der Waals surface area contributed by atoms with E-state index in [0.29, 0.717) is 0 Å². The largest absolute Gasteiger partial charge is 0.481 e. The van der Waals surface area contributed by atoms with Crippen LogP contribution in [0.1, 0.15) is 83.5 Å². The molecule has 35 heteroatoms. The van der Waals surface area contributed by atoms with Crippen LogP contribution in [0.4, 0.5) is 0 Å². The SMILES string of the molecule is NCCCC[C@@H](NC(=O)[C@@H](CC(N)=O)NC(=O)[C@@H](CC(=O)O)NC(=O)[C@@H](CCC(=O)O)NC(=O)[C@@H](CO)NC(=O)[C@@H](N)CC(=O)O)C(=O)N[C@H](CC(=O)O)C(=O)N[C@H](CCC(=O)O)C(=O)N[C@H](CCC(=O)O)C(=O)O. The lowest BCUT2D eigenvalue weighted by Crippen LogP contribution is -2.61. The molecule has 0 saturated carbocycles. The van der Waals surface area contributed by atoms with E-state index in [1.165, 1.54) is 0 Å². The smallest absolute Gasteiger partial charge is 0.326 e. The second-order valence-electron chi connectivity index (χ2n) is 16.2. The molecule has 0 aliphatic carbocycles. The van der Waals surface area contributed by atoms with E-state index >= 15 is 0 Å². The highest BCUT2D eigenvalue weighted by Gasteiger charge is 2.37. The first-order chi connectivity index (χ1) is 34.9. The maximum atomic E-state index is 13.8. The third-order valence-electron chi connectivity index (χ3n) is 10.0. The quantitative estimate of drug-likeness (QED) is 0.0254. The van der Waals surface area contributed by atoms with Gasteiger partial charge in [-0.05, 0) is 45.1 Å². The minimum Gasteiger partial charge on any atom is -0.481 e. The topological polar surface area (TPSA) is 609 Å². The molecular formula is C40H61N11O24. The Bertz CT molecular complexity index is 2140. The molecule has 0 aromatic rings. The van der Waals surface area contributed by atoms with Gasteiger partial charge in [0.15, 0.2) is 0 Å². The van der Waals surface area contributed by atoms with Gasteiger partial charge < -0.3 is 101 Å². The Kier molecular flexibility index (Phi) is 30.0. The van der Waals surface area contributed by atoms with Crippen molar-refractivity contribution in [3.05, 3.63) is 0 Å². The first-order valence-corrected chi connectivity index (χ1v) is 22.2. The van der Waals surface area contributed by atoms with Crippen LogP contribution in [0.5, 0.6) is 0 Å².